The molecule has 1 fully saturated rings. The van der Waals surface area contributed by atoms with E-state index >= 15 is 0 Å². The summed E-state index contributed by atoms with van der Waals surface area (Å²) in [6.07, 6.45) is 1.38. The van der Waals surface area contributed by atoms with Crippen molar-refractivity contribution in [1.29, 1.82) is 0 Å². The number of nitrogens with zero attached hydrogens (tertiary/aromatic N) is 1. The van der Waals surface area contributed by atoms with Crippen molar-refractivity contribution in [1.82, 2.24) is 4.90 Å². The highest BCUT2D eigenvalue weighted by Crippen LogP contribution is 2.23. The van der Waals surface area contributed by atoms with Crippen LogP contribution in [0.5, 0.6) is 0 Å². The molecule has 1 N–H and O–H groups in total. The monoisotopic (exact) mass is 315 g/mol. The first-order chi connectivity index (χ1) is 8.56. The zero-order valence-corrected chi connectivity index (χ0v) is 11.5. The topological polar surface area (TPSA) is 40.5 Å². The maximum absolute atomic E-state index is 13.0. The summed E-state index contributed by atoms with van der Waals surface area (Å²) in [5, 5.41) is 8.92. The molecule has 1 aliphatic heterocycles. The number of likely N-dealkylation sites (tertiary alicyclic amines) is 1. The Balaban J connectivity index is 1.93. The molecule has 2 rings (SSSR count). The van der Waals surface area contributed by atoms with E-state index in [-0.39, 0.29) is 11.7 Å². The number of carboxylic acids is 1. The number of piperidine rings is 1. The maximum atomic E-state index is 13.0. The first kappa shape index (κ1) is 13.5. The zero-order valence-electron chi connectivity index (χ0n) is 9.90. The number of carboxylic acid groups (broad SMARTS) is 1. The van der Waals surface area contributed by atoms with Gasteiger partial charge in [0.2, 0.25) is 0 Å². The molecule has 0 aromatic heterocycles. The molecule has 1 aliphatic rings. The molecule has 0 spiro atoms. The van der Waals surface area contributed by atoms with E-state index in [4.69, 9.17) is 5.11 Å². The second kappa shape index (κ2) is 5.80. The predicted octanol–water partition coefficient (Wildman–Crippen LogP) is 2.88. The van der Waals surface area contributed by atoms with Gasteiger partial charge in [0.15, 0.2) is 0 Å². The molecule has 1 aromatic rings. The SMILES string of the molecule is O=C(O)C1CCN(Cc2ccc(F)cc2Br)CC1. The Morgan fingerprint density at radius 1 is 1.44 bits per heavy atom. The highest BCUT2D eigenvalue weighted by atomic mass is 79.9. The molecule has 1 heterocycles. The molecule has 0 amide bonds. The van der Waals surface area contributed by atoms with Gasteiger partial charge in [0, 0.05) is 11.0 Å². The van der Waals surface area contributed by atoms with Gasteiger partial charge in [-0.1, -0.05) is 22.0 Å². The predicted molar refractivity (Wildman–Crippen MR) is 69.7 cm³/mol. The van der Waals surface area contributed by atoms with Gasteiger partial charge in [-0.05, 0) is 43.6 Å². The van der Waals surface area contributed by atoms with Crippen molar-refractivity contribution in [3.63, 3.8) is 0 Å². The van der Waals surface area contributed by atoms with E-state index in [0.717, 1.165) is 29.7 Å². The van der Waals surface area contributed by atoms with Crippen LogP contribution in [0.3, 0.4) is 0 Å². The van der Waals surface area contributed by atoms with Gasteiger partial charge in [-0.2, -0.15) is 0 Å². The van der Waals surface area contributed by atoms with Crippen LogP contribution in [0.2, 0.25) is 0 Å². The fourth-order valence-electron chi connectivity index (χ4n) is 2.23. The van der Waals surface area contributed by atoms with Gasteiger partial charge in [-0.25, -0.2) is 4.39 Å². The summed E-state index contributed by atoms with van der Waals surface area (Å²) >= 11 is 3.35. The quantitative estimate of drug-likeness (QED) is 0.932. The number of hydrogen-bond donors (Lipinski definition) is 1. The molecule has 18 heavy (non-hydrogen) atoms. The second-order valence-corrected chi connectivity index (χ2v) is 5.48. The summed E-state index contributed by atoms with van der Waals surface area (Å²) < 4.78 is 13.7. The molecule has 0 aliphatic carbocycles. The molecule has 0 atom stereocenters. The zero-order chi connectivity index (χ0) is 13.1. The van der Waals surface area contributed by atoms with Crippen molar-refractivity contribution in [2.75, 3.05) is 13.1 Å². The third-order valence-electron chi connectivity index (χ3n) is 3.35. The van der Waals surface area contributed by atoms with Crippen LogP contribution in [0.1, 0.15) is 18.4 Å². The Labute approximate surface area is 114 Å². The lowest BCUT2D eigenvalue weighted by Crippen LogP contribution is -2.35. The summed E-state index contributed by atoms with van der Waals surface area (Å²) in [5.41, 5.74) is 1.03. The molecule has 1 aromatic carbocycles. The average molecular weight is 316 g/mol. The lowest BCUT2D eigenvalue weighted by Gasteiger charge is -2.30. The highest BCUT2D eigenvalue weighted by Gasteiger charge is 2.24. The van der Waals surface area contributed by atoms with Crippen LogP contribution in [0, 0.1) is 11.7 Å². The Morgan fingerprint density at radius 2 is 2.11 bits per heavy atom. The summed E-state index contributed by atoms with van der Waals surface area (Å²) in [7, 11) is 0. The molecular formula is C13H15BrFNO2. The first-order valence-corrected chi connectivity index (χ1v) is 6.74. The van der Waals surface area contributed by atoms with E-state index in [1.54, 1.807) is 6.07 Å². The molecular weight excluding hydrogens is 301 g/mol. The number of carbonyl (C=O) groups is 1. The summed E-state index contributed by atoms with van der Waals surface area (Å²) in [4.78, 5) is 13.0. The van der Waals surface area contributed by atoms with E-state index < -0.39 is 5.97 Å². The Hall–Kier alpha value is -0.940. The standard InChI is InChI=1S/C13H15BrFNO2/c14-12-7-11(15)2-1-10(12)8-16-5-3-9(4-6-16)13(17)18/h1-2,7,9H,3-6,8H2,(H,17,18). The Kier molecular flexibility index (Phi) is 4.35. The Morgan fingerprint density at radius 3 is 2.67 bits per heavy atom. The molecule has 5 heteroatoms. The van der Waals surface area contributed by atoms with Gasteiger partial charge in [0.05, 0.1) is 5.92 Å². The van der Waals surface area contributed by atoms with Gasteiger partial charge < -0.3 is 5.11 Å². The first-order valence-electron chi connectivity index (χ1n) is 5.95. The minimum absolute atomic E-state index is 0.210. The van der Waals surface area contributed by atoms with Gasteiger partial charge in [-0.3, -0.25) is 9.69 Å². The molecule has 0 radical (unpaired) electrons. The van der Waals surface area contributed by atoms with Crippen LogP contribution in [0.4, 0.5) is 4.39 Å². The average Bonchev–Trinajstić information content (AvgIpc) is 2.33. The fraction of sp³-hybridized carbons (Fsp3) is 0.462. The number of halogens is 2. The van der Waals surface area contributed by atoms with Crippen LogP contribution in [0.15, 0.2) is 22.7 Å². The van der Waals surface area contributed by atoms with E-state index in [9.17, 15) is 9.18 Å². The lowest BCUT2D eigenvalue weighted by molar-refractivity contribution is -0.143. The summed E-state index contributed by atoms with van der Waals surface area (Å²) in [5.74, 6) is -1.16. The van der Waals surface area contributed by atoms with E-state index in [1.807, 2.05) is 0 Å². The maximum Gasteiger partial charge on any atom is 0.306 e. The molecule has 0 saturated carbocycles. The van der Waals surface area contributed by atoms with Crippen molar-refractivity contribution in [2.24, 2.45) is 5.92 Å². The highest BCUT2D eigenvalue weighted by molar-refractivity contribution is 9.10. The van der Waals surface area contributed by atoms with Crippen LogP contribution in [-0.2, 0) is 11.3 Å². The van der Waals surface area contributed by atoms with Crippen LogP contribution in [0.25, 0.3) is 0 Å². The second-order valence-electron chi connectivity index (χ2n) is 4.62. The third-order valence-corrected chi connectivity index (χ3v) is 4.08. The molecule has 98 valence electrons. The molecule has 3 nitrogen and oxygen atoms in total. The van der Waals surface area contributed by atoms with Crippen LogP contribution < -0.4 is 0 Å². The van der Waals surface area contributed by atoms with Crippen LogP contribution >= 0.6 is 15.9 Å². The number of benzene rings is 1. The molecule has 1 saturated heterocycles. The smallest absolute Gasteiger partial charge is 0.306 e. The van der Waals surface area contributed by atoms with Crippen molar-refractivity contribution >= 4 is 21.9 Å². The van der Waals surface area contributed by atoms with E-state index in [0.29, 0.717) is 12.8 Å². The van der Waals surface area contributed by atoms with Crippen molar-refractivity contribution in [3.05, 3.63) is 34.1 Å². The summed E-state index contributed by atoms with van der Waals surface area (Å²) in [6, 6.07) is 4.67. The lowest BCUT2D eigenvalue weighted by atomic mass is 9.97. The molecule has 0 unspecified atom stereocenters. The Bertz CT molecular complexity index is 445. The van der Waals surface area contributed by atoms with Gasteiger partial charge in [0.1, 0.15) is 5.82 Å². The number of aliphatic carboxylic acids is 1. The normalized spacial score (nSPS) is 17.9. The van der Waals surface area contributed by atoms with Gasteiger partial charge in [0.25, 0.3) is 0 Å². The van der Waals surface area contributed by atoms with Crippen molar-refractivity contribution in [3.8, 4) is 0 Å². The third kappa shape index (κ3) is 3.29. The molecule has 0 bridgehead atoms. The van der Waals surface area contributed by atoms with Crippen molar-refractivity contribution < 1.29 is 14.3 Å². The number of hydrogen-bond acceptors (Lipinski definition) is 2. The van der Waals surface area contributed by atoms with Gasteiger partial charge in [-0.15, -0.1) is 0 Å². The van der Waals surface area contributed by atoms with Crippen molar-refractivity contribution in [2.45, 2.75) is 19.4 Å². The minimum atomic E-state index is -0.697. The van der Waals surface area contributed by atoms with E-state index in [1.165, 1.54) is 12.1 Å². The fourth-order valence-corrected chi connectivity index (χ4v) is 2.71. The minimum Gasteiger partial charge on any atom is -0.481 e. The largest absolute Gasteiger partial charge is 0.481 e. The van der Waals surface area contributed by atoms with Gasteiger partial charge >= 0.3 is 5.97 Å². The number of rotatable bonds is 3. The van der Waals surface area contributed by atoms with Crippen LogP contribution in [-0.4, -0.2) is 29.1 Å². The van der Waals surface area contributed by atoms with E-state index in [2.05, 4.69) is 20.8 Å². The summed E-state index contributed by atoms with van der Waals surface area (Å²) in [6.45, 7) is 2.29.